The van der Waals surface area contributed by atoms with E-state index >= 15 is 0 Å². The second-order valence-corrected chi connectivity index (χ2v) is 5.57. The molecule has 23 heavy (non-hydrogen) atoms. The quantitative estimate of drug-likeness (QED) is 0.784. The lowest BCUT2D eigenvalue weighted by Crippen LogP contribution is -2.26. The highest BCUT2D eigenvalue weighted by molar-refractivity contribution is 6.18. The molecule has 0 amide bonds. The molecule has 2 aromatic rings. The van der Waals surface area contributed by atoms with E-state index in [4.69, 9.17) is 25.8 Å². The van der Waals surface area contributed by atoms with Crippen molar-refractivity contribution in [2.24, 2.45) is 0 Å². The molecule has 0 saturated heterocycles. The molecule has 120 valence electrons. The van der Waals surface area contributed by atoms with Crippen molar-refractivity contribution < 1.29 is 19.0 Å². The van der Waals surface area contributed by atoms with E-state index in [1.54, 1.807) is 25.3 Å². The van der Waals surface area contributed by atoms with Gasteiger partial charge in [-0.05, 0) is 29.8 Å². The SMILES string of the molecule is COc1ccc(C2COc3cc(OCCCl)ccc3C2=O)cc1. The highest BCUT2D eigenvalue weighted by Crippen LogP contribution is 2.35. The van der Waals surface area contributed by atoms with Gasteiger partial charge in [-0.2, -0.15) is 0 Å². The van der Waals surface area contributed by atoms with E-state index in [1.807, 2.05) is 24.3 Å². The smallest absolute Gasteiger partial charge is 0.177 e. The van der Waals surface area contributed by atoms with Crippen LogP contribution in [0.1, 0.15) is 21.8 Å². The Balaban J connectivity index is 1.82. The van der Waals surface area contributed by atoms with Gasteiger partial charge in [0.05, 0.1) is 24.5 Å². The number of rotatable bonds is 5. The van der Waals surface area contributed by atoms with Crippen LogP contribution in [0.15, 0.2) is 42.5 Å². The van der Waals surface area contributed by atoms with Crippen molar-refractivity contribution in [3.63, 3.8) is 0 Å². The number of carbonyl (C=O) groups is 1. The average Bonchev–Trinajstić information content (AvgIpc) is 2.60. The van der Waals surface area contributed by atoms with Gasteiger partial charge in [0.15, 0.2) is 5.78 Å². The van der Waals surface area contributed by atoms with Crippen LogP contribution in [0.25, 0.3) is 0 Å². The average molecular weight is 333 g/mol. The third kappa shape index (κ3) is 3.27. The number of Topliss-reactive ketones (excluding diaryl/α,β-unsaturated/α-hetero) is 1. The predicted molar refractivity (Wildman–Crippen MR) is 88.2 cm³/mol. The van der Waals surface area contributed by atoms with Gasteiger partial charge in [-0.1, -0.05) is 12.1 Å². The molecule has 1 aliphatic heterocycles. The molecule has 0 bridgehead atoms. The van der Waals surface area contributed by atoms with Crippen molar-refractivity contribution in [2.75, 3.05) is 26.2 Å². The van der Waals surface area contributed by atoms with E-state index in [-0.39, 0.29) is 11.7 Å². The van der Waals surface area contributed by atoms with Crippen molar-refractivity contribution in [3.05, 3.63) is 53.6 Å². The van der Waals surface area contributed by atoms with Crippen LogP contribution in [0, 0.1) is 0 Å². The minimum atomic E-state index is -0.303. The fourth-order valence-electron chi connectivity index (χ4n) is 2.59. The molecule has 0 fully saturated rings. The minimum Gasteiger partial charge on any atom is -0.497 e. The zero-order chi connectivity index (χ0) is 16.2. The Morgan fingerprint density at radius 1 is 1.17 bits per heavy atom. The summed E-state index contributed by atoms with van der Waals surface area (Å²) in [5.74, 6) is 2.14. The van der Waals surface area contributed by atoms with Crippen LogP contribution in [0.5, 0.6) is 17.2 Å². The van der Waals surface area contributed by atoms with Crippen LogP contribution in [-0.2, 0) is 0 Å². The number of hydrogen-bond donors (Lipinski definition) is 0. The van der Waals surface area contributed by atoms with Crippen LogP contribution in [0.4, 0.5) is 0 Å². The van der Waals surface area contributed by atoms with Gasteiger partial charge in [-0.15, -0.1) is 11.6 Å². The molecular weight excluding hydrogens is 316 g/mol. The molecule has 1 aliphatic rings. The highest BCUT2D eigenvalue weighted by Gasteiger charge is 2.30. The van der Waals surface area contributed by atoms with Crippen molar-refractivity contribution in [2.45, 2.75) is 5.92 Å². The molecule has 0 aromatic heterocycles. The summed E-state index contributed by atoms with van der Waals surface area (Å²) in [4.78, 5) is 12.7. The second-order valence-electron chi connectivity index (χ2n) is 5.20. The third-order valence-corrected chi connectivity index (χ3v) is 3.96. The molecule has 2 aromatic carbocycles. The van der Waals surface area contributed by atoms with E-state index in [0.29, 0.717) is 36.2 Å². The lowest BCUT2D eigenvalue weighted by atomic mass is 9.89. The van der Waals surface area contributed by atoms with Crippen LogP contribution in [0.3, 0.4) is 0 Å². The topological polar surface area (TPSA) is 44.8 Å². The number of ketones is 1. The molecule has 1 heterocycles. The maximum Gasteiger partial charge on any atom is 0.177 e. The first-order chi connectivity index (χ1) is 11.2. The Labute approximate surface area is 139 Å². The lowest BCUT2D eigenvalue weighted by Gasteiger charge is -2.25. The first-order valence-electron chi connectivity index (χ1n) is 7.36. The number of methoxy groups -OCH3 is 1. The first-order valence-corrected chi connectivity index (χ1v) is 7.90. The summed E-state index contributed by atoms with van der Waals surface area (Å²) < 4.78 is 16.4. The van der Waals surface area contributed by atoms with Crippen LogP contribution in [0.2, 0.25) is 0 Å². The molecule has 0 radical (unpaired) electrons. The third-order valence-electron chi connectivity index (χ3n) is 3.80. The largest absolute Gasteiger partial charge is 0.497 e. The Morgan fingerprint density at radius 2 is 1.91 bits per heavy atom. The number of alkyl halides is 1. The van der Waals surface area contributed by atoms with Gasteiger partial charge >= 0.3 is 0 Å². The summed E-state index contributed by atoms with van der Waals surface area (Å²) in [5.41, 5.74) is 1.50. The number of benzene rings is 2. The number of fused-ring (bicyclic) bond motifs is 1. The Hall–Kier alpha value is -2.20. The lowest BCUT2D eigenvalue weighted by molar-refractivity contribution is 0.0896. The molecule has 0 spiro atoms. The molecule has 3 rings (SSSR count). The van der Waals surface area contributed by atoms with Crippen molar-refractivity contribution >= 4 is 17.4 Å². The maximum atomic E-state index is 12.7. The number of hydrogen-bond acceptors (Lipinski definition) is 4. The van der Waals surface area contributed by atoms with Crippen molar-refractivity contribution in [1.82, 2.24) is 0 Å². The van der Waals surface area contributed by atoms with Crippen molar-refractivity contribution in [3.8, 4) is 17.2 Å². The summed E-state index contributed by atoms with van der Waals surface area (Å²) >= 11 is 5.61. The van der Waals surface area contributed by atoms with Gasteiger partial charge in [0, 0.05) is 6.07 Å². The molecule has 4 nitrogen and oxygen atoms in total. The van der Waals surface area contributed by atoms with Crippen LogP contribution in [-0.4, -0.2) is 32.0 Å². The monoisotopic (exact) mass is 332 g/mol. The van der Waals surface area contributed by atoms with E-state index < -0.39 is 0 Å². The standard InChI is InChI=1S/C18H17ClO4/c1-21-13-4-2-12(3-5-13)16-11-23-17-10-14(22-9-8-19)6-7-15(17)18(16)20/h2-7,10,16H,8-9,11H2,1H3. The van der Waals surface area contributed by atoms with E-state index in [0.717, 1.165) is 11.3 Å². The first kappa shape index (κ1) is 15.7. The summed E-state index contributed by atoms with van der Waals surface area (Å²) in [6.07, 6.45) is 0. The molecule has 0 N–H and O–H groups in total. The normalized spacial score (nSPS) is 16.4. The van der Waals surface area contributed by atoms with E-state index in [1.165, 1.54) is 0 Å². The van der Waals surface area contributed by atoms with Gasteiger partial charge in [0.1, 0.15) is 30.5 Å². The fourth-order valence-corrected chi connectivity index (χ4v) is 2.67. The molecule has 5 heteroatoms. The summed E-state index contributed by atoms with van der Waals surface area (Å²) in [6, 6.07) is 12.7. The maximum absolute atomic E-state index is 12.7. The molecule has 1 unspecified atom stereocenters. The fraction of sp³-hybridized carbons (Fsp3) is 0.278. The van der Waals surface area contributed by atoms with E-state index in [2.05, 4.69) is 0 Å². The zero-order valence-corrected chi connectivity index (χ0v) is 13.5. The number of ether oxygens (including phenoxy) is 3. The molecule has 0 aliphatic carbocycles. The predicted octanol–water partition coefficient (Wildman–Crippen LogP) is 3.67. The highest BCUT2D eigenvalue weighted by atomic mass is 35.5. The second kappa shape index (κ2) is 6.92. The zero-order valence-electron chi connectivity index (χ0n) is 12.8. The van der Waals surface area contributed by atoms with Crippen molar-refractivity contribution in [1.29, 1.82) is 0 Å². The molecule has 1 atom stereocenters. The van der Waals surface area contributed by atoms with Crippen LogP contribution >= 0.6 is 11.6 Å². The number of halogens is 1. The van der Waals surface area contributed by atoms with Gasteiger partial charge in [0.2, 0.25) is 0 Å². The van der Waals surface area contributed by atoms with Gasteiger partial charge in [0.25, 0.3) is 0 Å². The van der Waals surface area contributed by atoms with E-state index in [9.17, 15) is 4.79 Å². The Bertz CT molecular complexity index is 697. The summed E-state index contributed by atoms with van der Waals surface area (Å²) in [5, 5.41) is 0. The Kier molecular flexibility index (Phi) is 4.72. The molecule has 0 saturated carbocycles. The van der Waals surface area contributed by atoms with Gasteiger partial charge in [-0.25, -0.2) is 0 Å². The summed E-state index contributed by atoms with van der Waals surface area (Å²) in [6.45, 7) is 0.736. The van der Waals surface area contributed by atoms with Gasteiger partial charge in [-0.3, -0.25) is 4.79 Å². The Morgan fingerprint density at radius 3 is 2.61 bits per heavy atom. The minimum absolute atomic E-state index is 0.0558. The molecular formula is C18H17ClO4. The van der Waals surface area contributed by atoms with Crippen LogP contribution < -0.4 is 14.2 Å². The number of carbonyl (C=O) groups excluding carboxylic acids is 1. The summed E-state index contributed by atoms with van der Waals surface area (Å²) in [7, 11) is 1.62. The van der Waals surface area contributed by atoms with Gasteiger partial charge < -0.3 is 14.2 Å².